The van der Waals surface area contributed by atoms with Gasteiger partial charge < -0.3 is 30.1 Å². The zero-order valence-corrected chi connectivity index (χ0v) is 12.3. The van der Waals surface area contributed by atoms with E-state index < -0.39 is 36.5 Å². The van der Waals surface area contributed by atoms with E-state index in [1.807, 2.05) is 5.32 Å². The molecule has 24 heavy (non-hydrogen) atoms. The number of phenolic OH excluding ortho intramolecular Hbond substituents is 1. The van der Waals surface area contributed by atoms with Crippen LogP contribution in [0.15, 0.2) is 33.5 Å². The predicted octanol–water partition coefficient (Wildman–Crippen LogP) is -1.98. The highest BCUT2D eigenvalue weighted by atomic mass is 16.4. The predicted molar refractivity (Wildman–Crippen MR) is 78.9 cm³/mol. The molecule has 9 heteroatoms. The SMILES string of the molecule is O=C([O-])CNC(=O)CNC(=O)Cc1cc(=O)oc2cc(O)ccc12. The molecule has 0 fully saturated rings. The van der Waals surface area contributed by atoms with Crippen molar-refractivity contribution in [2.45, 2.75) is 6.42 Å². The van der Waals surface area contributed by atoms with Gasteiger partial charge in [0, 0.05) is 17.5 Å². The van der Waals surface area contributed by atoms with Crippen molar-refractivity contribution >= 4 is 28.8 Å². The van der Waals surface area contributed by atoms with Crippen molar-refractivity contribution in [2.75, 3.05) is 13.1 Å². The summed E-state index contributed by atoms with van der Waals surface area (Å²) in [6.07, 6.45) is -0.194. The number of carboxylic acid groups (broad SMARTS) is 1. The molecule has 2 rings (SSSR count). The van der Waals surface area contributed by atoms with Crippen LogP contribution >= 0.6 is 0 Å². The largest absolute Gasteiger partial charge is 0.548 e. The molecule has 0 aliphatic carbocycles. The summed E-state index contributed by atoms with van der Waals surface area (Å²) >= 11 is 0. The van der Waals surface area contributed by atoms with Crippen LogP contribution in [0.1, 0.15) is 5.56 Å². The van der Waals surface area contributed by atoms with Crippen LogP contribution in [-0.4, -0.2) is 36.0 Å². The molecule has 3 N–H and O–H groups in total. The number of carbonyl (C=O) groups is 3. The zero-order chi connectivity index (χ0) is 17.7. The van der Waals surface area contributed by atoms with Crippen molar-refractivity contribution in [1.29, 1.82) is 0 Å². The van der Waals surface area contributed by atoms with Crippen molar-refractivity contribution < 1.29 is 29.0 Å². The van der Waals surface area contributed by atoms with E-state index in [1.165, 1.54) is 18.2 Å². The van der Waals surface area contributed by atoms with Crippen molar-refractivity contribution in [3.05, 3.63) is 40.2 Å². The lowest BCUT2D eigenvalue weighted by Crippen LogP contribution is -2.42. The van der Waals surface area contributed by atoms with Gasteiger partial charge in [-0.25, -0.2) is 4.79 Å². The van der Waals surface area contributed by atoms with E-state index in [4.69, 9.17) is 4.42 Å². The molecule has 0 spiro atoms. The van der Waals surface area contributed by atoms with E-state index in [9.17, 15) is 29.4 Å². The smallest absolute Gasteiger partial charge is 0.336 e. The Morgan fingerprint density at radius 1 is 1.08 bits per heavy atom. The number of fused-ring (bicyclic) bond motifs is 1. The molecule has 1 aromatic heterocycles. The van der Waals surface area contributed by atoms with E-state index in [0.717, 1.165) is 6.07 Å². The maximum Gasteiger partial charge on any atom is 0.336 e. The Labute approximate surface area is 134 Å². The standard InChI is InChI=1S/C15H14N2O7/c18-9-1-2-10-8(4-15(23)24-11(10)5-9)3-12(19)16-6-13(20)17-7-14(21)22/h1-2,4-5,18H,3,6-7H2,(H,16,19)(H,17,20)(H,21,22)/p-1. The van der Waals surface area contributed by atoms with E-state index in [2.05, 4.69) is 5.32 Å². The molecule has 1 aromatic carbocycles. The number of benzene rings is 1. The van der Waals surface area contributed by atoms with Gasteiger partial charge in [-0.05, 0) is 17.7 Å². The lowest BCUT2D eigenvalue weighted by atomic mass is 10.1. The van der Waals surface area contributed by atoms with Crippen LogP contribution in [0, 0.1) is 0 Å². The van der Waals surface area contributed by atoms with E-state index >= 15 is 0 Å². The maximum absolute atomic E-state index is 11.9. The second-order valence-corrected chi connectivity index (χ2v) is 4.87. The number of nitrogens with one attached hydrogen (secondary N) is 2. The van der Waals surface area contributed by atoms with E-state index in [0.29, 0.717) is 10.9 Å². The quantitative estimate of drug-likeness (QED) is 0.519. The average Bonchev–Trinajstić information content (AvgIpc) is 2.50. The van der Waals surface area contributed by atoms with Gasteiger partial charge >= 0.3 is 5.63 Å². The number of hydrogen-bond donors (Lipinski definition) is 3. The third kappa shape index (κ3) is 4.57. The van der Waals surface area contributed by atoms with Gasteiger partial charge in [0.2, 0.25) is 11.8 Å². The molecule has 0 atom stereocenters. The summed E-state index contributed by atoms with van der Waals surface area (Å²) in [5, 5.41) is 24.4. The van der Waals surface area contributed by atoms with E-state index in [-0.39, 0.29) is 17.8 Å². The average molecular weight is 333 g/mol. The number of amides is 2. The summed E-state index contributed by atoms with van der Waals surface area (Å²) in [7, 11) is 0. The second-order valence-electron chi connectivity index (χ2n) is 4.87. The molecule has 1 heterocycles. The van der Waals surface area contributed by atoms with Gasteiger partial charge in [-0.15, -0.1) is 0 Å². The van der Waals surface area contributed by atoms with Gasteiger partial charge in [-0.2, -0.15) is 0 Å². The molecule has 0 radical (unpaired) electrons. The van der Waals surface area contributed by atoms with Crippen LogP contribution < -0.4 is 21.4 Å². The minimum atomic E-state index is -1.44. The summed E-state index contributed by atoms with van der Waals surface area (Å²) in [4.78, 5) is 44.9. The van der Waals surface area contributed by atoms with Crippen LogP contribution in [0.2, 0.25) is 0 Å². The third-order valence-corrected chi connectivity index (χ3v) is 3.04. The van der Waals surface area contributed by atoms with Crippen LogP contribution in [0.25, 0.3) is 11.0 Å². The number of hydrogen-bond acceptors (Lipinski definition) is 7. The van der Waals surface area contributed by atoms with Crippen LogP contribution in [-0.2, 0) is 20.8 Å². The maximum atomic E-state index is 11.9. The number of carbonyl (C=O) groups excluding carboxylic acids is 3. The minimum absolute atomic E-state index is 0.0863. The molecule has 9 nitrogen and oxygen atoms in total. The molecule has 0 saturated carbocycles. The fourth-order valence-electron chi connectivity index (χ4n) is 2.01. The van der Waals surface area contributed by atoms with Crippen molar-refractivity contribution in [3.63, 3.8) is 0 Å². The number of aromatic hydroxyl groups is 1. The van der Waals surface area contributed by atoms with Crippen molar-refractivity contribution in [1.82, 2.24) is 10.6 Å². The van der Waals surface area contributed by atoms with Gasteiger partial charge in [0.1, 0.15) is 11.3 Å². The Balaban J connectivity index is 2.04. The lowest BCUT2D eigenvalue weighted by Gasteiger charge is -2.08. The Bertz CT molecular complexity index is 857. The topological polar surface area (TPSA) is 149 Å². The molecule has 0 saturated heterocycles. The van der Waals surface area contributed by atoms with Crippen LogP contribution in [0.3, 0.4) is 0 Å². The van der Waals surface area contributed by atoms with Crippen LogP contribution in [0.4, 0.5) is 0 Å². The van der Waals surface area contributed by atoms with E-state index in [1.54, 1.807) is 0 Å². The highest BCUT2D eigenvalue weighted by Crippen LogP contribution is 2.21. The molecule has 0 bridgehead atoms. The zero-order valence-electron chi connectivity index (χ0n) is 12.3. The molecule has 126 valence electrons. The molecular formula is C15H13N2O7-. The monoisotopic (exact) mass is 333 g/mol. The Morgan fingerprint density at radius 2 is 1.79 bits per heavy atom. The third-order valence-electron chi connectivity index (χ3n) is 3.04. The Kier molecular flexibility index (Phi) is 5.15. The molecular weight excluding hydrogens is 320 g/mol. The Morgan fingerprint density at radius 3 is 2.50 bits per heavy atom. The first-order valence-electron chi connectivity index (χ1n) is 6.84. The van der Waals surface area contributed by atoms with Crippen molar-refractivity contribution in [3.8, 4) is 5.75 Å². The van der Waals surface area contributed by atoms with Gasteiger partial charge in [-0.3, -0.25) is 9.59 Å². The number of rotatable bonds is 6. The molecule has 2 amide bonds. The second kappa shape index (κ2) is 7.27. The fraction of sp³-hybridized carbons (Fsp3) is 0.200. The molecule has 0 aliphatic rings. The summed E-state index contributed by atoms with van der Waals surface area (Å²) in [5.74, 6) is -2.76. The molecule has 2 aromatic rings. The lowest BCUT2D eigenvalue weighted by molar-refractivity contribution is -0.304. The number of aliphatic carboxylic acids is 1. The Hall–Kier alpha value is -3.36. The first-order chi connectivity index (χ1) is 11.3. The minimum Gasteiger partial charge on any atom is -0.548 e. The van der Waals surface area contributed by atoms with Gasteiger partial charge in [0.15, 0.2) is 0 Å². The van der Waals surface area contributed by atoms with Gasteiger partial charge in [0.05, 0.1) is 25.5 Å². The number of phenols is 1. The summed E-state index contributed by atoms with van der Waals surface area (Å²) < 4.78 is 4.94. The van der Waals surface area contributed by atoms with Gasteiger partial charge in [0.25, 0.3) is 0 Å². The molecule has 0 unspecified atom stereocenters. The van der Waals surface area contributed by atoms with Crippen LogP contribution in [0.5, 0.6) is 5.75 Å². The van der Waals surface area contributed by atoms with Crippen molar-refractivity contribution in [2.24, 2.45) is 0 Å². The first kappa shape index (κ1) is 17.0. The van der Waals surface area contributed by atoms with Gasteiger partial charge in [-0.1, -0.05) is 0 Å². The highest BCUT2D eigenvalue weighted by molar-refractivity contribution is 5.90. The molecule has 0 aliphatic heterocycles. The summed E-state index contributed by atoms with van der Waals surface area (Å²) in [6.45, 7) is -1.06. The number of carboxylic acids is 1. The highest BCUT2D eigenvalue weighted by Gasteiger charge is 2.11. The summed E-state index contributed by atoms with van der Waals surface area (Å²) in [5.41, 5.74) is -0.173. The summed E-state index contributed by atoms with van der Waals surface area (Å²) in [6, 6.07) is 5.29. The fourth-order valence-corrected chi connectivity index (χ4v) is 2.01. The normalized spacial score (nSPS) is 10.3. The first-order valence-corrected chi connectivity index (χ1v) is 6.84.